The van der Waals surface area contributed by atoms with Crippen LogP contribution < -0.4 is 15.5 Å². The second-order valence-electron chi connectivity index (χ2n) is 12.2. The fourth-order valence-corrected chi connectivity index (χ4v) is 8.14. The van der Waals surface area contributed by atoms with E-state index in [9.17, 15) is 0 Å². The number of hydrogen-bond donors (Lipinski definition) is 2. The van der Waals surface area contributed by atoms with E-state index in [1.165, 1.54) is 71.7 Å². The highest BCUT2D eigenvalue weighted by molar-refractivity contribution is 7.17. The summed E-state index contributed by atoms with van der Waals surface area (Å²) < 4.78 is 1.32. The molecule has 2 N–H and O–H groups in total. The molecular formula is C42H33N3S. The van der Waals surface area contributed by atoms with Gasteiger partial charge in [-0.05, 0) is 124 Å². The number of dihydropyridines is 2. The highest BCUT2D eigenvalue weighted by Crippen LogP contribution is 2.51. The van der Waals surface area contributed by atoms with Gasteiger partial charge >= 0.3 is 0 Å². The van der Waals surface area contributed by atoms with Gasteiger partial charge in [-0.3, -0.25) is 0 Å². The summed E-state index contributed by atoms with van der Waals surface area (Å²) in [5.74, 6) is 0. The zero-order chi connectivity index (χ0) is 30.5. The van der Waals surface area contributed by atoms with E-state index in [0.717, 1.165) is 12.8 Å². The van der Waals surface area contributed by atoms with Crippen LogP contribution in [0.4, 0.5) is 11.4 Å². The molecule has 0 radical (unpaired) electrons. The van der Waals surface area contributed by atoms with E-state index in [1.807, 2.05) is 23.6 Å². The normalized spacial score (nSPS) is 19.6. The zero-order valence-corrected chi connectivity index (χ0v) is 26.2. The van der Waals surface area contributed by atoms with Crippen molar-refractivity contribution in [3.05, 3.63) is 168 Å². The first-order valence-electron chi connectivity index (χ1n) is 16.1. The van der Waals surface area contributed by atoms with Crippen molar-refractivity contribution in [3.63, 3.8) is 0 Å². The Morgan fingerprint density at radius 3 is 2.46 bits per heavy atom. The van der Waals surface area contributed by atoms with E-state index in [2.05, 4.69) is 155 Å². The molecule has 0 fully saturated rings. The average molecular weight is 612 g/mol. The molecule has 0 bridgehead atoms. The summed E-state index contributed by atoms with van der Waals surface area (Å²) in [4.78, 5) is 2.53. The number of rotatable bonds is 4. The van der Waals surface area contributed by atoms with Crippen LogP contribution in [0.3, 0.4) is 0 Å². The van der Waals surface area contributed by atoms with Gasteiger partial charge in [-0.1, -0.05) is 78.9 Å². The summed E-state index contributed by atoms with van der Waals surface area (Å²) >= 11 is 1.82. The summed E-state index contributed by atoms with van der Waals surface area (Å²) in [6.07, 6.45) is 21.8. The highest BCUT2D eigenvalue weighted by atomic mass is 32.1. The van der Waals surface area contributed by atoms with Crippen LogP contribution in [0, 0.1) is 0 Å². The molecule has 2 unspecified atom stereocenters. The number of anilines is 2. The second kappa shape index (κ2) is 11.2. The van der Waals surface area contributed by atoms with Crippen LogP contribution in [0.1, 0.15) is 24.0 Å². The molecule has 3 nitrogen and oxygen atoms in total. The van der Waals surface area contributed by atoms with E-state index < -0.39 is 0 Å². The summed E-state index contributed by atoms with van der Waals surface area (Å²) in [6.45, 7) is 0. The molecule has 0 saturated carbocycles. The minimum absolute atomic E-state index is 0.140. The fraction of sp³-hybridized carbons (Fsp3) is 0.0952. The van der Waals surface area contributed by atoms with Crippen LogP contribution in [-0.2, 0) is 0 Å². The van der Waals surface area contributed by atoms with Gasteiger partial charge in [0.2, 0.25) is 0 Å². The van der Waals surface area contributed by atoms with Crippen molar-refractivity contribution in [2.24, 2.45) is 0 Å². The first kappa shape index (κ1) is 27.0. The van der Waals surface area contributed by atoms with Crippen LogP contribution >= 0.6 is 11.3 Å². The second-order valence-corrected chi connectivity index (χ2v) is 13.1. The van der Waals surface area contributed by atoms with Gasteiger partial charge in [0.05, 0.1) is 17.8 Å². The maximum Gasteiger partial charge on any atom is 0.0685 e. The number of fused-ring (bicyclic) bond motifs is 6. The predicted octanol–water partition coefficient (Wildman–Crippen LogP) is 10.4. The van der Waals surface area contributed by atoms with Crippen molar-refractivity contribution in [1.82, 2.24) is 10.6 Å². The third-order valence-corrected chi connectivity index (χ3v) is 10.4. The Morgan fingerprint density at radius 1 is 0.717 bits per heavy atom. The number of allylic oxidation sites excluding steroid dienone is 7. The molecule has 46 heavy (non-hydrogen) atoms. The summed E-state index contributed by atoms with van der Waals surface area (Å²) in [6, 6.07) is 34.2. The minimum atomic E-state index is 0.140. The minimum Gasteiger partial charge on any atom is -0.382 e. The summed E-state index contributed by atoms with van der Waals surface area (Å²) in [5, 5.41) is 10.6. The van der Waals surface area contributed by atoms with Gasteiger partial charge in [-0.15, -0.1) is 11.3 Å². The van der Waals surface area contributed by atoms with Gasteiger partial charge in [0, 0.05) is 27.0 Å². The Morgan fingerprint density at radius 2 is 1.57 bits per heavy atom. The van der Waals surface area contributed by atoms with E-state index in [1.54, 1.807) is 0 Å². The van der Waals surface area contributed by atoms with Crippen molar-refractivity contribution in [2.75, 3.05) is 4.90 Å². The average Bonchev–Trinajstić information content (AvgIpc) is 3.57. The lowest BCUT2D eigenvalue weighted by molar-refractivity contribution is 0.560. The van der Waals surface area contributed by atoms with Gasteiger partial charge in [0.25, 0.3) is 0 Å². The molecule has 4 aliphatic rings. The molecule has 9 rings (SSSR count). The first-order valence-corrected chi connectivity index (χ1v) is 16.9. The maximum atomic E-state index is 3.57. The van der Waals surface area contributed by atoms with Crippen LogP contribution in [-0.4, -0.2) is 12.1 Å². The molecule has 2 atom stereocenters. The third kappa shape index (κ3) is 4.57. The fourth-order valence-electron chi connectivity index (χ4n) is 7.34. The third-order valence-electron chi connectivity index (χ3n) is 9.49. The molecule has 0 spiro atoms. The lowest BCUT2D eigenvalue weighted by Crippen LogP contribution is -2.43. The first-order chi connectivity index (χ1) is 22.8. The van der Waals surface area contributed by atoms with Crippen LogP contribution in [0.15, 0.2) is 157 Å². The monoisotopic (exact) mass is 611 g/mol. The number of benzene rings is 4. The van der Waals surface area contributed by atoms with Crippen molar-refractivity contribution >= 4 is 43.9 Å². The largest absolute Gasteiger partial charge is 0.382 e. The van der Waals surface area contributed by atoms with E-state index in [0.29, 0.717) is 0 Å². The van der Waals surface area contributed by atoms with Gasteiger partial charge in [0.15, 0.2) is 0 Å². The SMILES string of the molecule is C1=CNC(C2C=C(c3cc(-c4ccccc4)cc(N4C5=C(CCC=C5)c5ccccc5-c5c4ccc4sccc54)c3)C=CN2)C=C1. The van der Waals surface area contributed by atoms with Crippen molar-refractivity contribution in [2.45, 2.75) is 24.9 Å². The molecule has 222 valence electrons. The Labute approximate surface area is 273 Å². The lowest BCUT2D eigenvalue weighted by Gasteiger charge is -2.31. The molecule has 4 aromatic carbocycles. The Balaban J connectivity index is 1.29. The highest BCUT2D eigenvalue weighted by Gasteiger charge is 2.30. The molecule has 4 heteroatoms. The standard InChI is InChI=1S/C42H33N3S/c1-2-10-28(11-3-1)30-24-31(29-19-22-44-38(27-29)37-15-8-9-21-43-37)26-32(25-30)45-39-16-7-6-13-34(39)33-12-4-5-14-35(33)42-36-20-23-46-41(36)18-17-40(42)45/h1-5,7-12,14-27,37-38,43-44H,6,13H2. The van der Waals surface area contributed by atoms with Crippen molar-refractivity contribution in [1.29, 1.82) is 0 Å². The molecule has 5 aromatic rings. The number of nitrogens with zero attached hydrogens (tertiary/aromatic N) is 1. The van der Waals surface area contributed by atoms with E-state index in [4.69, 9.17) is 0 Å². The van der Waals surface area contributed by atoms with Crippen LogP contribution in [0.5, 0.6) is 0 Å². The topological polar surface area (TPSA) is 27.3 Å². The zero-order valence-electron chi connectivity index (χ0n) is 25.4. The molecule has 0 saturated heterocycles. The van der Waals surface area contributed by atoms with E-state index in [-0.39, 0.29) is 12.1 Å². The predicted molar refractivity (Wildman–Crippen MR) is 196 cm³/mol. The molecule has 1 aliphatic carbocycles. The Kier molecular flexibility index (Phi) is 6.60. The Bertz CT molecular complexity index is 2180. The lowest BCUT2D eigenvalue weighted by atomic mass is 9.89. The quantitative estimate of drug-likeness (QED) is 0.212. The van der Waals surface area contributed by atoms with Crippen molar-refractivity contribution < 1.29 is 0 Å². The summed E-state index contributed by atoms with van der Waals surface area (Å²) in [7, 11) is 0. The molecule has 1 aromatic heterocycles. The molecular weight excluding hydrogens is 579 g/mol. The smallest absolute Gasteiger partial charge is 0.0685 e. The Hall–Kier alpha value is -5.32. The number of nitrogens with one attached hydrogen (secondary N) is 2. The molecule has 3 aliphatic heterocycles. The van der Waals surface area contributed by atoms with Crippen LogP contribution in [0.25, 0.3) is 43.5 Å². The molecule has 0 amide bonds. The van der Waals surface area contributed by atoms with Gasteiger partial charge in [0.1, 0.15) is 0 Å². The van der Waals surface area contributed by atoms with Gasteiger partial charge in [-0.2, -0.15) is 0 Å². The summed E-state index contributed by atoms with van der Waals surface area (Å²) in [5.41, 5.74) is 13.9. The van der Waals surface area contributed by atoms with Gasteiger partial charge < -0.3 is 15.5 Å². The number of thiophene rings is 1. The van der Waals surface area contributed by atoms with E-state index >= 15 is 0 Å². The maximum absolute atomic E-state index is 3.57. The number of hydrogen-bond acceptors (Lipinski definition) is 4. The van der Waals surface area contributed by atoms with Crippen LogP contribution in [0.2, 0.25) is 0 Å². The molecule has 4 heterocycles. The van der Waals surface area contributed by atoms with Gasteiger partial charge in [-0.25, -0.2) is 0 Å². The van der Waals surface area contributed by atoms with Crippen molar-refractivity contribution in [3.8, 4) is 22.3 Å².